The van der Waals surface area contributed by atoms with Crippen LogP contribution in [-0.4, -0.2) is 29.5 Å². The van der Waals surface area contributed by atoms with E-state index < -0.39 is 0 Å². The second-order valence-corrected chi connectivity index (χ2v) is 5.11. The minimum atomic E-state index is -0.369. The zero-order valence-electron chi connectivity index (χ0n) is 8.89. The van der Waals surface area contributed by atoms with Crippen LogP contribution in [0.1, 0.15) is 27.2 Å². The van der Waals surface area contributed by atoms with E-state index >= 15 is 0 Å². The predicted octanol–water partition coefficient (Wildman–Crippen LogP) is 0.981. The van der Waals surface area contributed by atoms with Crippen molar-refractivity contribution in [3.8, 4) is 0 Å². The van der Waals surface area contributed by atoms with Crippen LogP contribution in [0, 0.1) is 0 Å². The summed E-state index contributed by atoms with van der Waals surface area (Å²) in [6, 6.07) is -0.369. The molecule has 0 spiro atoms. The van der Waals surface area contributed by atoms with Crippen molar-refractivity contribution in [2.45, 2.75) is 38.8 Å². The van der Waals surface area contributed by atoms with Gasteiger partial charge in [-0.05, 0) is 39.2 Å². The minimum absolute atomic E-state index is 0.0541. The molecule has 0 heterocycles. The largest absolute Gasteiger partial charge is 0.350 e. The average Bonchev–Trinajstić information content (AvgIpc) is 1.96. The number of hydrogen-bond acceptors (Lipinski definition) is 3. The maximum atomic E-state index is 11.4. The molecule has 0 unspecified atom stereocenters. The monoisotopic (exact) mass is 204 g/mol. The molecule has 0 rings (SSSR count). The molecule has 78 valence electrons. The van der Waals surface area contributed by atoms with Crippen LogP contribution < -0.4 is 11.1 Å². The lowest BCUT2D eigenvalue weighted by molar-refractivity contribution is -0.123. The van der Waals surface area contributed by atoms with Crippen molar-refractivity contribution >= 4 is 17.7 Å². The second-order valence-electron chi connectivity index (χ2n) is 4.13. The van der Waals surface area contributed by atoms with Crippen LogP contribution in [0.15, 0.2) is 0 Å². The Bertz CT molecular complexity index is 165. The Labute approximate surface area is 84.8 Å². The van der Waals surface area contributed by atoms with Crippen LogP contribution in [0.25, 0.3) is 0 Å². The Balaban J connectivity index is 3.83. The van der Waals surface area contributed by atoms with Gasteiger partial charge < -0.3 is 11.1 Å². The third-order valence-electron chi connectivity index (χ3n) is 1.47. The fourth-order valence-electron chi connectivity index (χ4n) is 0.838. The first-order chi connectivity index (χ1) is 5.87. The van der Waals surface area contributed by atoms with E-state index in [-0.39, 0.29) is 17.5 Å². The van der Waals surface area contributed by atoms with Gasteiger partial charge in [-0.3, -0.25) is 4.79 Å². The van der Waals surface area contributed by atoms with Gasteiger partial charge in [0.25, 0.3) is 0 Å². The average molecular weight is 204 g/mol. The van der Waals surface area contributed by atoms with Crippen molar-refractivity contribution in [2.75, 3.05) is 12.0 Å². The molecule has 0 fully saturated rings. The predicted molar refractivity (Wildman–Crippen MR) is 58.9 cm³/mol. The lowest BCUT2D eigenvalue weighted by atomic mass is 10.1. The van der Waals surface area contributed by atoms with E-state index in [1.54, 1.807) is 11.8 Å². The third kappa shape index (κ3) is 6.90. The van der Waals surface area contributed by atoms with E-state index in [1.807, 2.05) is 27.0 Å². The first kappa shape index (κ1) is 12.8. The van der Waals surface area contributed by atoms with Crippen LogP contribution in [-0.2, 0) is 4.79 Å². The van der Waals surface area contributed by atoms with E-state index in [0.29, 0.717) is 0 Å². The van der Waals surface area contributed by atoms with Crippen LogP contribution in [0.2, 0.25) is 0 Å². The van der Waals surface area contributed by atoms with Gasteiger partial charge in [0.1, 0.15) is 0 Å². The molecule has 0 bridgehead atoms. The van der Waals surface area contributed by atoms with Gasteiger partial charge in [0.05, 0.1) is 6.04 Å². The summed E-state index contributed by atoms with van der Waals surface area (Å²) in [6.45, 7) is 5.85. The molecule has 1 amide bonds. The maximum Gasteiger partial charge on any atom is 0.237 e. The van der Waals surface area contributed by atoms with Gasteiger partial charge in [-0.1, -0.05) is 0 Å². The van der Waals surface area contributed by atoms with Crippen molar-refractivity contribution in [2.24, 2.45) is 5.73 Å². The number of carbonyl (C=O) groups excluding carboxylic acids is 1. The van der Waals surface area contributed by atoms with E-state index in [4.69, 9.17) is 5.73 Å². The molecule has 13 heavy (non-hydrogen) atoms. The Morgan fingerprint density at radius 3 is 2.46 bits per heavy atom. The van der Waals surface area contributed by atoms with Crippen LogP contribution >= 0.6 is 11.8 Å². The van der Waals surface area contributed by atoms with Gasteiger partial charge in [0.2, 0.25) is 5.91 Å². The normalized spacial score (nSPS) is 13.9. The number of nitrogens with two attached hydrogens (primary N) is 1. The summed E-state index contributed by atoms with van der Waals surface area (Å²) < 4.78 is 0. The Kier molecular flexibility index (Phi) is 5.40. The summed E-state index contributed by atoms with van der Waals surface area (Å²) >= 11 is 1.71. The highest BCUT2D eigenvalue weighted by Crippen LogP contribution is 2.02. The molecule has 0 aromatic carbocycles. The summed E-state index contributed by atoms with van der Waals surface area (Å²) in [5, 5.41) is 2.85. The lowest BCUT2D eigenvalue weighted by Gasteiger charge is -2.23. The molecule has 0 aromatic heterocycles. The highest BCUT2D eigenvalue weighted by molar-refractivity contribution is 7.98. The van der Waals surface area contributed by atoms with E-state index in [9.17, 15) is 4.79 Å². The molecule has 0 saturated carbocycles. The first-order valence-electron chi connectivity index (χ1n) is 4.43. The van der Waals surface area contributed by atoms with Gasteiger partial charge >= 0.3 is 0 Å². The lowest BCUT2D eigenvalue weighted by Crippen LogP contribution is -2.49. The number of thioether (sulfide) groups is 1. The molecular weight excluding hydrogens is 184 g/mol. The summed E-state index contributed by atoms with van der Waals surface area (Å²) in [4.78, 5) is 11.4. The van der Waals surface area contributed by atoms with Crippen LogP contribution in [0.5, 0.6) is 0 Å². The van der Waals surface area contributed by atoms with Crippen molar-refractivity contribution in [1.29, 1.82) is 0 Å². The topological polar surface area (TPSA) is 55.1 Å². The number of hydrogen-bond donors (Lipinski definition) is 2. The fraction of sp³-hybridized carbons (Fsp3) is 0.889. The van der Waals surface area contributed by atoms with E-state index in [1.165, 1.54) is 0 Å². The fourth-order valence-corrected chi connectivity index (χ4v) is 1.33. The molecule has 4 heteroatoms. The van der Waals surface area contributed by atoms with Crippen molar-refractivity contribution in [3.63, 3.8) is 0 Å². The first-order valence-corrected chi connectivity index (χ1v) is 5.83. The zero-order chi connectivity index (χ0) is 10.5. The van der Waals surface area contributed by atoms with E-state index in [0.717, 1.165) is 12.2 Å². The van der Waals surface area contributed by atoms with Gasteiger partial charge in [-0.15, -0.1) is 0 Å². The Morgan fingerprint density at radius 1 is 1.54 bits per heavy atom. The number of rotatable bonds is 4. The summed E-state index contributed by atoms with van der Waals surface area (Å²) in [6.07, 6.45) is 2.75. The molecule has 0 aliphatic carbocycles. The van der Waals surface area contributed by atoms with Gasteiger partial charge in [0.15, 0.2) is 0 Å². The molecule has 0 aliphatic rings. The summed E-state index contributed by atoms with van der Waals surface area (Å²) in [7, 11) is 0. The van der Waals surface area contributed by atoms with Crippen molar-refractivity contribution < 1.29 is 4.79 Å². The van der Waals surface area contributed by atoms with Crippen LogP contribution in [0.4, 0.5) is 0 Å². The number of carbonyl (C=O) groups is 1. The number of nitrogens with one attached hydrogen (secondary N) is 1. The highest BCUT2D eigenvalue weighted by Gasteiger charge is 2.18. The quantitative estimate of drug-likeness (QED) is 0.718. The molecule has 0 aliphatic heterocycles. The SMILES string of the molecule is CSCC[C@@H](N)C(=O)NC(C)(C)C. The molecule has 3 nitrogen and oxygen atoms in total. The van der Waals surface area contributed by atoms with E-state index in [2.05, 4.69) is 5.32 Å². The molecule has 1 atom stereocenters. The second kappa shape index (κ2) is 5.50. The van der Waals surface area contributed by atoms with Crippen molar-refractivity contribution in [1.82, 2.24) is 5.32 Å². The zero-order valence-corrected chi connectivity index (χ0v) is 9.70. The van der Waals surface area contributed by atoms with Gasteiger partial charge in [-0.2, -0.15) is 11.8 Å². The third-order valence-corrected chi connectivity index (χ3v) is 2.11. The molecule has 0 radical (unpaired) electrons. The van der Waals surface area contributed by atoms with Crippen molar-refractivity contribution in [3.05, 3.63) is 0 Å². The summed E-state index contributed by atoms with van der Waals surface area (Å²) in [5.74, 6) is 0.875. The molecule has 0 aromatic rings. The maximum absolute atomic E-state index is 11.4. The van der Waals surface area contributed by atoms with Crippen LogP contribution in [0.3, 0.4) is 0 Å². The van der Waals surface area contributed by atoms with Gasteiger partial charge in [-0.25, -0.2) is 0 Å². The Morgan fingerprint density at radius 2 is 2.08 bits per heavy atom. The molecule has 0 saturated heterocycles. The number of amides is 1. The minimum Gasteiger partial charge on any atom is -0.350 e. The smallest absolute Gasteiger partial charge is 0.237 e. The molecule has 3 N–H and O–H groups in total. The highest BCUT2D eigenvalue weighted by atomic mass is 32.2. The summed E-state index contributed by atoms with van der Waals surface area (Å²) in [5.41, 5.74) is 5.50. The Hall–Kier alpha value is -0.220. The standard InChI is InChI=1S/C9H20N2OS/c1-9(2,3)11-8(12)7(10)5-6-13-4/h7H,5-6,10H2,1-4H3,(H,11,12)/t7-/m1/s1. The van der Waals surface area contributed by atoms with Gasteiger partial charge in [0, 0.05) is 5.54 Å². The molecular formula is C9H20N2OS.